The molecule has 190 valence electrons. The summed E-state index contributed by atoms with van der Waals surface area (Å²) in [4.78, 5) is 12.6. The summed E-state index contributed by atoms with van der Waals surface area (Å²) < 4.78 is 37.3. The van der Waals surface area contributed by atoms with Gasteiger partial charge in [-0.05, 0) is 54.3 Å². The number of carbonyl (C=O) groups excluding carboxylic acids is 1. The summed E-state index contributed by atoms with van der Waals surface area (Å²) >= 11 is 12.3. The zero-order valence-electron chi connectivity index (χ0n) is 20.3. The molecular formula is C25H18Cl2N3NaO6S. The first kappa shape index (κ1) is 29.9. The van der Waals surface area contributed by atoms with Crippen LogP contribution in [0.25, 0.3) is 10.8 Å². The molecule has 2 N–H and O–H groups in total. The number of hydrogen-bond donors (Lipinski definition) is 2. The van der Waals surface area contributed by atoms with Gasteiger partial charge in [0.1, 0.15) is 11.4 Å². The number of nitrogens with one attached hydrogen (secondary N) is 1. The first-order chi connectivity index (χ1) is 17.5. The normalized spacial score (nSPS) is 11.4. The third-order valence-corrected chi connectivity index (χ3v) is 6.82. The Kier molecular flexibility index (Phi) is 9.43. The maximum atomic E-state index is 13.4. The number of anilines is 1. The van der Waals surface area contributed by atoms with Crippen LogP contribution < -0.4 is 44.7 Å². The van der Waals surface area contributed by atoms with Crippen LogP contribution in [0.1, 0.15) is 15.9 Å². The Labute approximate surface area is 250 Å². The average Bonchev–Trinajstić information content (AvgIpc) is 2.83. The molecule has 4 aromatic carbocycles. The predicted molar refractivity (Wildman–Crippen MR) is 140 cm³/mol. The number of nitrogens with zero attached hydrogens (tertiary/aromatic N) is 2. The standard InChI is InChI=1S/C25H19Cl2N3O6S.Na/c1-13-9-16(37(33,34)35)12-20(27)22(13)29-30-23-17-6-4-3-5-14(17)10-18(24(23)31)25(32)28-15-7-8-21(36-2)19(26)11-15;/h3-12,31H,1-2H3,(H,28,32)(H,33,34,35);/q;+1/p-1. The number of fused-ring (bicyclic) bond motifs is 1. The minimum Gasteiger partial charge on any atom is -0.870 e. The molecule has 0 fully saturated rings. The monoisotopic (exact) mass is 581 g/mol. The van der Waals surface area contributed by atoms with E-state index >= 15 is 0 Å². The zero-order chi connectivity index (χ0) is 26.9. The van der Waals surface area contributed by atoms with Crippen LogP contribution in [-0.4, -0.2) is 26.0 Å². The van der Waals surface area contributed by atoms with E-state index in [4.69, 9.17) is 27.9 Å². The molecule has 9 nitrogen and oxygen atoms in total. The van der Waals surface area contributed by atoms with E-state index in [0.29, 0.717) is 27.8 Å². The van der Waals surface area contributed by atoms with Crippen molar-refractivity contribution in [2.75, 3.05) is 12.4 Å². The van der Waals surface area contributed by atoms with Gasteiger partial charge in [0.05, 0.1) is 27.7 Å². The van der Waals surface area contributed by atoms with Crippen molar-refractivity contribution in [3.8, 4) is 11.5 Å². The summed E-state index contributed by atoms with van der Waals surface area (Å²) in [5.74, 6) is -0.931. The molecule has 0 radical (unpaired) electrons. The first-order valence-corrected chi connectivity index (χ1v) is 12.8. The van der Waals surface area contributed by atoms with E-state index < -0.39 is 26.7 Å². The predicted octanol–water partition coefficient (Wildman–Crippen LogP) is 3.46. The Morgan fingerprint density at radius 2 is 1.68 bits per heavy atom. The average molecular weight is 582 g/mol. The summed E-state index contributed by atoms with van der Waals surface area (Å²) in [5.41, 5.74) is 0.466. The SMILES string of the molecule is COc1ccc(NC(=O)c2cc3ccccc3c(N=Nc3c(C)cc(S(=O)(=O)O)cc3Cl)c2[O-])cc1Cl.[Na+]. The van der Waals surface area contributed by atoms with E-state index in [-0.39, 0.29) is 56.5 Å². The smallest absolute Gasteiger partial charge is 0.870 e. The number of carbonyl (C=O) groups is 1. The van der Waals surface area contributed by atoms with Crippen LogP contribution in [0.4, 0.5) is 17.1 Å². The molecular weight excluding hydrogens is 564 g/mol. The molecule has 0 aliphatic carbocycles. The van der Waals surface area contributed by atoms with Crippen LogP contribution in [0, 0.1) is 6.92 Å². The van der Waals surface area contributed by atoms with Crippen molar-refractivity contribution >= 4 is 67.1 Å². The van der Waals surface area contributed by atoms with Crippen molar-refractivity contribution in [2.24, 2.45) is 10.2 Å². The van der Waals surface area contributed by atoms with Crippen molar-refractivity contribution in [3.63, 3.8) is 0 Å². The van der Waals surface area contributed by atoms with Crippen molar-refractivity contribution in [3.05, 3.63) is 81.8 Å². The van der Waals surface area contributed by atoms with Crippen molar-refractivity contribution in [1.29, 1.82) is 0 Å². The van der Waals surface area contributed by atoms with E-state index in [1.165, 1.54) is 32.2 Å². The summed E-state index contributed by atoms with van der Waals surface area (Å²) in [7, 11) is -3.02. The number of aryl methyl sites for hydroxylation is 1. The molecule has 1 amide bonds. The summed E-state index contributed by atoms with van der Waals surface area (Å²) in [6.07, 6.45) is 0. The van der Waals surface area contributed by atoms with Crippen LogP contribution in [0.2, 0.25) is 10.0 Å². The molecule has 0 aromatic heterocycles. The minimum atomic E-state index is -4.48. The molecule has 0 unspecified atom stereocenters. The van der Waals surface area contributed by atoms with Crippen molar-refractivity contribution < 1.29 is 57.2 Å². The van der Waals surface area contributed by atoms with E-state index in [9.17, 15) is 22.9 Å². The van der Waals surface area contributed by atoms with Crippen LogP contribution in [0.15, 0.2) is 75.8 Å². The topological polar surface area (TPSA) is 140 Å². The fourth-order valence-corrected chi connectivity index (χ4v) is 4.82. The summed E-state index contributed by atoms with van der Waals surface area (Å²) in [5, 5.41) is 25.4. The number of benzene rings is 4. The first-order valence-electron chi connectivity index (χ1n) is 10.6. The molecule has 0 saturated heterocycles. The van der Waals surface area contributed by atoms with Gasteiger partial charge in [0, 0.05) is 16.6 Å². The molecule has 0 spiro atoms. The van der Waals surface area contributed by atoms with Crippen LogP contribution in [-0.2, 0) is 10.1 Å². The van der Waals surface area contributed by atoms with Gasteiger partial charge in [-0.25, -0.2) is 0 Å². The van der Waals surface area contributed by atoms with Crippen LogP contribution in [0.3, 0.4) is 0 Å². The second-order valence-corrected chi connectivity index (χ2v) is 10.1. The van der Waals surface area contributed by atoms with Gasteiger partial charge >= 0.3 is 29.6 Å². The Bertz CT molecular complexity index is 1670. The fourth-order valence-electron chi connectivity index (χ4n) is 3.60. The third-order valence-electron chi connectivity index (χ3n) is 5.41. The largest absolute Gasteiger partial charge is 1.00 e. The molecule has 0 bridgehead atoms. The van der Waals surface area contributed by atoms with Gasteiger partial charge < -0.3 is 15.2 Å². The molecule has 0 aliphatic heterocycles. The van der Waals surface area contributed by atoms with Gasteiger partial charge in [-0.1, -0.05) is 53.2 Å². The number of ether oxygens (including phenoxy) is 1. The maximum absolute atomic E-state index is 13.4. The zero-order valence-corrected chi connectivity index (χ0v) is 24.6. The fraction of sp³-hybridized carbons (Fsp3) is 0.0800. The Morgan fingerprint density at radius 1 is 1.00 bits per heavy atom. The number of amides is 1. The van der Waals surface area contributed by atoms with E-state index in [1.807, 2.05) is 0 Å². The summed E-state index contributed by atoms with van der Waals surface area (Å²) in [6, 6.07) is 15.1. The number of hydrogen-bond acceptors (Lipinski definition) is 7. The number of azo groups is 1. The van der Waals surface area contributed by atoms with Crippen molar-refractivity contribution in [2.45, 2.75) is 11.8 Å². The van der Waals surface area contributed by atoms with Crippen LogP contribution >= 0.6 is 23.2 Å². The number of methoxy groups -OCH3 is 1. The van der Waals surface area contributed by atoms with Crippen LogP contribution in [0.5, 0.6) is 11.5 Å². The Morgan fingerprint density at radius 3 is 2.32 bits per heavy atom. The second kappa shape index (κ2) is 12.0. The second-order valence-electron chi connectivity index (χ2n) is 7.87. The minimum absolute atomic E-state index is 0. The molecule has 0 aliphatic rings. The van der Waals surface area contributed by atoms with Gasteiger partial charge in [0.15, 0.2) is 0 Å². The molecule has 0 atom stereocenters. The maximum Gasteiger partial charge on any atom is 1.00 e. The van der Waals surface area contributed by atoms with Gasteiger partial charge in [-0.15, -0.1) is 5.11 Å². The molecule has 4 aromatic rings. The molecule has 38 heavy (non-hydrogen) atoms. The number of halogens is 2. The summed E-state index contributed by atoms with van der Waals surface area (Å²) in [6.45, 7) is 1.52. The molecule has 4 rings (SSSR count). The van der Waals surface area contributed by atoms with E-state index in [1.54, 1.807) is 36.4 Å². The molecule has 13 heteroatoms. The third kappa shape index (κ3) is 6.29. The molecule has 0 heterocycles. The van der Waals surface area contributed by atoms with Gasteiger partial charge in [-0.3, -0.25) is 9.35 Å². The Hall–Kier alpha value is -2.70. The Balaban J connectivity index is 0.00000400. The van der Waals surface area contributed by atoms with Gasteiger partial charge in [0.2, 0.25) is 0 Å². The van der Waals surface area contributed by atoms with Gasteiger partial charge in [-0.2, -0.15) is 13.5 Å². The van der Waals surface area contributed by atoms with Crippen molar-refractivity contribution in [1.82, 2.24) is 0 Å². The van der Waals surface area contributed by atoms with E-state index in [2.05, 4.69) is 15.5 Å². The van der Waals surface area contributed by atoms with E-state index in [0.717, 1.165) is 6.07 Å². The quantitative estimate of drug-likeness (QED) is 0.203. The van der Waals surface area contributed by atoms with Gasteiger partial charge in [0.25, 0.3) is 16.0 Å². The number of rotatable bonds is 6. The molecule has 0 saturated carbocycles.